The number of nitrogens with zero attached hydrogens (tertiary/aromatic N) is 4. The van der Waals surface area contributed by atoms with E-state index in [1.807, 2.05) is 24.3 Å². The fourth-order valence-electron chi connectivity index (χ4n) is 2.88. The second-order valence-corrected chi connectivity index (χ2v) is 6.09. The standard InChI is InChI=1S/C16H17ClN4O3/c1-18-11-12(21(23)24)10-15(18)16(22)20-8-6-19(7-9-20)14-5-3-2-4-13(14)17/h2-5,10-11H,6-9H2,1H3. The van der Waals surface area contributed by atoms with E-state index in [9.17, 15) is 14.9 Å². The number of carbonyl (C=O) groups excluding carboxylic acids is 1. The highest BCUT2D eigenvalue weighted by molar-refractivity contribution is 6.33. The van der Waals surface area contributed by atoms with Gasteiger partial charge in [-0.05, 0) is 12.1 Å². The number of amides is 1. The maximum Gasteiger partial charge on any atom is 0.287 e. The molecule has 1 aliphatic rings. The van der Waals surface area contributed by atoms with Crippen molar-refractivity contribution in [2.75, 3.05) is 31.1 Å². The van der Waals surface area contributed by atoms with E-state index in [0.29, 0.717) is 36.9 Å². The molecule has 1 aliphatic heterocycles. The van der Waals surface area contributed by atoms with Gasteiger partial charge in [0.2, 0.25) is 0 Å². The highest BCUT2D eigenvalue weighted by Gasteiger charge is 2.26. The molecule has 0 spiro atoms. The molecule has 3 rings (SSSR count). The molecule has 2 heterocycles. The highest BCUT2D eigenvalue weighted by atomic mass is 35.5. The van der Waals surface area contributed by atoms with Crippen LogP contribution in [-0.2, 0) is 7.05 Å². The van der Waals surface area contributed by atoms with E-state index >= 15 is 0 Å². The second-order valence-electron chi connectivity index (χ2n) is 5.68. The first-order valence-electron chi connectivity index (χ1n) is 7.57. The van der Waals surface area contributed by atoms with Gasteiger partial charge in [-0.15, -0.1) is 0 Å². The Hall–Kier alpha value is -2.54. The molecule has 126 valence electrons. The van der Waals surface area contributed by atoms with Crippen molar-refractivity contribution < 1.29 is 9.72 Å². The predicted molar refractivity (Wildman–Crippen MR) is 91.6 cm³/mol. The fraction of sp³-hybridized carbons (Fsp3) is 0.312. The van der Waals surface area contributed by atoms with Crippen molar-refractivity contribution in [2.24, 2.45) is 7.05 Å². The van der Waals surface area contributed by atoms with Crippen LogP contribution < -0.4 is 4.90 Å². The lowest BCUT2D eigenvalue weighted by Gasteiger charge is -2.36. The number of hydrogen-bond donors (Lipinski definition) is 0. The molecule has 1 saturated heterocycles. The third kappa shape index (κ3) is 3.07. The largest absolute Gasteiger partial charge is 0.367 e. The Morgan fingerprint density at radius 3 is 2.46 bits per heavy atom. The number of anilines is 1. The van der Waals surface area contributed by atoms with Crippen LogP contribution in [0.4, 0.5) is 11.4 Å². The Labute approximate surface area is 144 Å². The van der Waals surface area contributed by atoms with E-state index in [1.54, 1.807) is 11.9 Å². The van der Waals surface area contributed by atoms with E-state index in [1.165, 1.54) is 16.8 Å². The number of rotatable bonds is 3. The maximum absolute atomic E-state index is 12.6. The van der Waals surface area contributed by atoms with E-state index in [0.717, 1.165) is 5.69 Å². The molecule has 0 saturated carbocycles. The van der Waals surface area contributed by atoms with E-state index in [2.05, 4.69) is 4.90 Å². The SMILES string of the molecule is Cn1cc([N+](=O)[O-])cc1C(=O)N1CCN(c2ccccc2Cl)CC1. The van der Waals surface area contributed by atoms with Crippen LogP contribution in [0.15, 0.2) is 36.5 Å². The molecule has 0 bridgehead atoms. The zero-order valence-corrected chi connectivity index (χ0v) is 13.9. The fourth-order valence-corrected chi connectivity index (χ4v) is 3.14. The molecule has 1 fully saturated rings. The Kier molecular flexibility index (Phi) is 4.44. The summed E-state index contributed by atoms with van der Waals surface area (Å²) >= 11 is 6.22. The number of carbonyl (C=O) groups is 1. The van der Waals surface area contributed by atoms with Crippen molar-refractivity contribution in [3.63, 3.8) is 0 Å². The number of halogens is 1. The summed E-state index contributed by atoms with van der Waals surface area (Å²) in [7, 11) is 1.64. The lowest BCUT2D eigenvalue weighted by atomic mass is 10.2. The van der Waals surface area contributed by atoms with Crippen LogP contribution in [0.3, 0.4) is 0 Å². The minimum absolute atomic E-state index is 0.0736. The molecule has 0 N–H and O–H groups in total. The quantitative estimate of drug-likeness (QED) is 0.631. The van der Waals surface area contributed by atoms with Crippen LogP contribution in [0.25, 0.3) is 0 Å². The summed E-state index contributed by atoms with van der Waals surface area (Å²) < 4.78 is 1.50. The number of benzene rings is 1. The molecule has 8 heteroatoms. The van der Waals surface area contributed by atoms with Gasteiger partial charge in [0.15, 0.2) is 0 Å². The lowest BCUT2D eigenvalue weighted by molar-refractivity contribution is -0.384. The molecule has 1 amide bonds. The number of hydrogen-bond acceptors (Lipinski definition) is 4. The maximum atomic E-state index is 12.6. The van der Waals surface area contributed by atoms with Crippen LogP contribution in [-0.4, -0.2) is 46.5 Å². The zero-order valence-electron chi connectivity index (χ0n) is 13.2. The lowest BCUT2D eigenvalue weighted by Crippen LogP contribution is -2.49. The Balaban J connectivity index is 1.69. The predicted octanol–water partition coefficient (Wildman–Crippen LogP) is 2.55. The van der Waals surface area contributed by atoms with Crippen LogP contribution in [0.5, 0.6) is 0 Å². The van der Waals surface area contributed by atoms with Crippen LogP contribution in [0, 0.1) is 10.1 Å². The monoisotopic (exact) mass is 348 g/mol. The molecule has 0 unspecified atom stereocenters. The highest BCUT2D eigenvalue weighted by Crippen LogP contribution is 2.26. The van der Waals surface area contributed by atoms with Crippen LogP contribution >= 0.6 is 11.6 Å². The van der Waals surface area contributed by atoms with Gasteiger partial charge >= 0.3 is 0 Å². The second kappa shape index (κ2) is 6.52. The normalized spacial score (nSPS) is 14.8. The summed E-state index contributed by atoms with van der Waals surface area (Å²) in [6.07, 6.45) is 1.35. The summed E-state index contributed by atoms with van der Waals surface area (Å²) in [4.78, 5) is 26.8. The third-order valence-electron chi connectivity index (χ3n) is 4.18. The van der Waals surface area contributed by atoms with Gasteiger partial charge in [0.05, 0.1) is 21.8 Å². The van der Waals surface area contributed by atoms with Crippen molar-refractivity contribution >= 4 is 28.9 Å². The molecular formula is C16H17ClN4O3. The van der Waals surface area contributed by atoms with Gasteiger partial charge in [-0.2, -0.15) is 0 Å². The van der Waals surface area contributed by atoms with Crippen molar-refractivity contribution in [3.8, 4) is 0 Å². The summed E-state index contributed by atoms with van der Waals surface area (Å²) in [6.45, 7) is 2.43. The Morgan fingerprint density at radius 1 is 1.21 bits per heavy atom. The smallest absolute Gasteiger partial charge is 0.287 e. The molecule has 1 aromatic heterocycles. The summed E-state index contributed by atoms with van der Waals surface area (Å²) in [6, 6.07) is 8.94. The summed E-state index contributed by atoms with van der Waals surface area (Å²) in [5, 5.41) is 11.5. The number of aromatic nitrogens is 1. The molecule has 0 radical (unpaired) electrons. The van der Waals surface area contributed by atoms with Crippen LogP contribution in [0.1, 0.15) is 10.5 Å². The Morgan fingerprint density at radius 2 is 1.88 bits per heavy atom. The summed E-state index contributed by atoms with van der Waals surface area (Å²) in [5.41, 5.74) is 1.21. The first-order valence-corrected chi connectivity index (χ1v) is 7.94. The number of piperazine rings is 1. The van der Waals surface area contributed by atoms with Crippen molar-refractivity contribution in [3.05, 3.63) is 57.4 Å². The molecule has 2 aromatic rings. The molecule has 7 nitrogen and oxygen atoms in total. The average molecular weight is 349 g/mol. The zero-order chi connectivity index (χ0) is 17.3. The van der Waals surface area contributed by atoms with Gasteiger partial charge in [-0.25, -0.2) is 0 Å². The molecule has 24 heavy (non-hydrogen) atoms. The first kappa shape index (κ1) is 16.3. The van der Waals surface area contributed by atoms with E-state index in [-0.39, 0.29) is 11.6 Å². The van der Waals surface area contributed by atoms with Crippen LogP contribution in [0.2, 0.25) is 5.02 Å². The molecule has 1 aromatic carbocycles. The van der Waals surface area contributed by atoms with Gasteiger partial charge in [-0.3, -0.25) is 14.9 Å². The van der Waals surface area contributed by atoms with E-state index in [4.69, 9.17) is 11.6 Å². The van der Waals surface area contributed by atoms with Gasteiger partial charge in [0, 0.05) is 39.3 Å². The first-order chi connectivity index (χ1) is 11.5. The van der Waals surface area contributed by atoms with Crippen molar-refractivity contribution in [2.45, 2.75) is 0 Å². The molecular weight excluding hydrogens is 332 g/mol. The number of aryl methyl sites for hydroxylation is 1. The van der Waals surface area contributed by atoms with Gasteiger partial charge in [0.1, 0.15) is 5.69 Å². The van der Waals surface area contributed by atoms with Gasteiger partial charge in [0.25, 0.3) is 11.6 Å². The number of para-hydroxylation sites is 1. The topological polar surface area (TPSA) is 71.6 Å². The minimum atomic E-state index is -0.494. The van der Waals surface area contributed by atoms with E-state index < -0.39 is 4.92 Å². The third-order valence-corrected chi connectivity index (χ3v) is 4.50. The van der Waals surface area contributed by atoms with Gasteiger partial charge in [-0.1, -0.05) is 23.7 Å². The van der Waals surface area contributed by atoms with Gasteiger partial charge < -0.3 is 14.4 Å². The summed E-state index contributed by atoms with van der Waals surface area (Å²) in [5.74, 6) is -0.190. The average Bonchev–Trinajstić information content (AvgIpc) is 2.97. The van der Waals surface area contributed by atoms with Crippen molar-refractivity contribution in [1.82, 2.24) is 9.47 Å². The van der Waals surface area contributed by atoms with Crippen molar-refractivity contribution in [1.29, 1.82) is 0 Å². The minimum Gasteiger partial charge on any atom is -0.367 e. The molecule has 0 aliphatic carbocycles. The number of nitro groups is 1. The Bertz CT molecular complexity index is 781. The molecule has 0 atom stereocenters.